The number of anilines is 1. The maximum absolute atomic E-state index is 15.7. The van der Waals surface area contributed by atoms with Crippen LogP contribution in [0.2, 0.25) is 0 Å². The molecule has 336 valence electrons. The van der Waals surface area contributed by atoms with E-state index in [1.54, 1.807) is 24.4 Å². The molecule has 13 nitrogen and oxygen atoms in total. The first-order valence-electron chi connectivity index (χ1n) is 22.0. The van der Waals surface area contributed by atoms with Crippen LogP contribution in [0.4, 0.5) is 5.82 Å². The van der Waals surface area contributed by atoms with Crippen LogP contribution in [0.1, 0.15) is 102 Å². The van der Waals surface area contributed by atoms with E-state index in [9.17, 15) is 35.7 Å². The molecule has 9 atom stereocenters. The Morgan fingerprint density at radius 1 is 0.921 bits per heavy atom. The number of benzene rings is 2. The Hall–Kier alpha value is -3.77. The molecule has 0 radical (unpaired) electrons. The largest absolute Gasteiger partial charge is 0.511 e. The van der Waals surface area contributed by atoms with Gasteiger partial charge in [-0.3, -0.25) is 9.59 Å². The van der Waals surface area contributed by atoms with Gasteiger partial charge in [0.05, 0.1) is 30.6 Å². The molecule has 3 fully saturated rings. The molecule has 0 amide bonds. The number of carbonyl (C=O) groups is 2. The molecule has 3 aromatic rings. The lowest BCUT2D eigenvalue weighted by Crippen LogP contribution is -2.69. The Morgan fingerprint density at radius 3 is 2.49 bits per heavy atom. The summed E-state index contributed by atoms with van der Waals surface area (Å²) < 4.78 is 12.5. The molecule has 6 bridgehead atoms. The molecule has 3 spiro atoms. The number of hydrogen-bond acceptors (Lipinski definition) is 15. The Morgan fingerprint density at radius 2 is 1.71 bits per heavy atom. The van der Waals surface area contributed by atoms with E-state index in [0.717, 1.165) is 43.2 Å². The molecule has 1 saturated heterocycles. The normalized spacial score (nSPS) is 33.7. The standard InChI is InChI=1S/C48H56N2O11S2/c51-17-5-10-37-48-33(20-30(21-36(48)54)19-28-6-3-7-29(18-28)23-52)40(55)32-8-4-9-34(39(32)42(48)57)60-44-43(58)47(59,41(56)35(24-53)61-44)26-46(15-14-45(25-46)12-1-2-13-45)31-11-16-49-38(22-31)50-27-62-63-37/h3-4,6-9,11,16,18,20-22,33,35,37,41,43-44,51-54,56,58-59H,1-2,5,10,12-15,17,19,23-27H2,(H,49,50)/t33-,35-,37+,41-,43+,44-,46-,47+,48+/m1/s1. The molecule has 3 heterocycles. The van der Waals surface area contributed by atoms with Gasteiger partial charge in [0, 0.05) is 23.6 Å². The van der Waals surface area contributed by atoms with E-state index in [1.165, 1.54) is 39.8 Å². The SMILES string of the molecule is O=C1c2cccc3c2C(=O)[C@@]2(C(O)=CC(Cc4cccc(CO)c4)=C[C@H]12)[C@H](CCCO)SSCNc1cc(ccn1)[C@@]1(CCC2(CCCC2)C1)C[C@]1(O)[C@H](O)[C@@H](CO)O[C@@H](O3)[C@@H]1O. The van der Waals surface area contributed by atoms with Crippen molar-refractivity contribution in [3.8, 4) is 5.75 Å². The molecule has 15 heteroatoms. The van der Waals surface area contributed by atoms with Gasteiger partial charge in [0.15, 0.2) is 11.6 Å². The number of nitrogens with one attached hydrogen (secondary N) is 1. The number of Topliss-reactive ketones (excluding diaryl/α,β-unsaturated/α-hetero) is 2. The van der Waals surface area contributed by atoms with Crippen LogP contribution in [0.5, 0.6) is 5.75 Å². The molecule has 1 aromatic heterocycles. The van der Waals surface area contributed by atoms with Gasteiger partial charge in [0.2, 0.25) is 6.29 Å². The predicted molar refractivity (Wildman–Crippen MR) is 238 cm³/mol. The topological polar surface area (TPSA) is 219 Å². The number of ether oxygens (including phenoxy) is 2. The zero-order valence-electron chi connectivity index (χ0n) is 35.0. The average molecular weight is 901 g/mol. The lowest BCUT2D eigenvalue weighted by molar-refractivity contribution is -0.318. The van der Waals surface area contributed by atoms with Crippen LogP contribution in [-0.4, -0.2) is 107 Å². The summed E-state index contributed by atoms with van der Waals surface area (Å²) in [5, 5.41) is 82.6. The first-order chi connectivity index (χ1) is 30.4. The minimum atomic E-state index is -2.27. The smallest absolute Gasteiger partial charge is 0.229 e. The molecule has 4 aliphatic carbocycles. The lowest BCUT2D eigenvalue weighted by atomic mass is 9.57. The van der Waals surface area contributed by atoms with Crippen molar-refractivity contribution in [1.82, 2.24) is 4.98 Å². The molecule has 2 aromatic carbocycles. The predicted octanol–water partition coefficient (Wildman–Crippen LogP) is 5.71. The molecule has 2 saturated carbocycles. The maximum Gasteiger partial charge on any atom is 0.229 e. The number of ketones is 2. The molecule has 6 aliphatic rings. The van der Waals surface area contributed by atoms with Gasteiger partial charge in [-0.25, -0.2) is 4.98 Å². The summed E-state index contributed by atoms with van der Waals surface area (Å²) >= 11 is 0. The number of aliphatic hydroxyl groups is 7. The molecule has 9 rings (SSSR count). The van der Waals surface area contributed by atoms with Gasteiger partial charge < -0.3 is 50.5 Å². The highest BCUT2D eigenvalue weighted by Gasteiger charge is 2.64. The van der Waals surface area contributed by atoms with Crippen LogP contribution in [0.15, 0.2) is 84.3 Å². The van der Waals surface area contributed by atoms with E-state index >= 15 is 9.59 Å². The zero-order chi connectivity index (χ0) is 44.1. The van der Waals surface area contributed by atoms with Crippen molar-refractivity contribution in [2.75, 3.05) is 24.4 Å². The van der Waals surface area contributed by atoms with Crippen LogP contribution in [-0.2, 0) is 23.2 Å². The Labute approximate surface area is 374 Å². The number of aromatic nitrogens is 1. The number of fused-ring (bicyclic) bond motifs is 5. The monoisotopic (exact) mass is 900 g/mol. The summed E-state index contributed by atoms with van der Waals surface area (Å²) in [5.41, 5.74) is -1.85. The number of allylic oxidation sites excluding steroid dienone is 4. The van der Waals surface area contributed by atoms with Crippen molar-refractivity contribution in [1.29, 1.82) is 0 Å². The van der Waals surface area contributed by atoms with E-state index in [1.807, 2.05) is 30.3 Å². The van der Waals surface area contributed by atoms with Gasteiger partial charge in [-0.2, -0.15) is 0 Å². The number of hydrogen-bond donors (Lipinski definition) is 8. The van der Waals surface area contributed by atoms with Gasteiger partial charge in [-0.05, 0) is 115 Å². The van der Waals surface area contributed by atoms with Crippen LogP contribution in [0, 0.1) is 16.7 Å². The van der Waals surface area contributed by atoms with E-state index in [-0.39, 0.29) is 60.5 Å². The van der Waals surface area contributed by atoms with Crippen molar-refractivity contribution in [3.05, 3.63) is 112 Å². The Kier molecular flexibility index (Phi) is 12.4. The van der Waals surface area contributed by atoms with Gasteiger partial charge in [0.25, 0.3) is 0 Å². The molecule has 63 heavy (non-hydrogen) atoms. The fraction of sp³-hybridized carbons (Fsp3) is 0.521. The summed E-state index contributed by atoms with van der Waals surface area (Å²) in [6.45, 7) is -1.07. The van der Waals surface area contributed by atoms with Gasteiger partial charge >= 0.3 is 0 Å². The summed E-state index contributed by atoms with van der Waals surface area (Å²) in [4.78, 5) is 35.4. The van der Waals surface area contributed by atoms with E-state index in [4.69, 9.17) is 9.47 Å². The van der Waals surface area contributed by atoms with Crippen molar-refractivity contribution in [3.63, 3.8) is 0 Å². The first-order valence-corrected chi connectivity index (χ1v) is 24.4. The summed E-state index contributed by atoms with van der Waals surface area (Å²) in [6, 6.07) is 15.8. The average Bonchev–Trinajstić information content (AvgIpc) is 3.91. The van der Waals surface area contributed by atoms with Crippen molar-refractivity contribution in [2.24, 2.45) is 16.7 Å². The van der Waals surface area contributed by atoms with E-state index < -0.39 is 70.4 Å². The Bertz CT molecular complexity index is 2300. The number of aliphatic hydroxyl groups excluding tert-OH is 6. The minimum Gasteiger partial charge on any atom is -0.511 e. The van der Waals surface area contributed by atoms with Crippen LogP contribution < -0.4 is 10.1 Å². The highest BCUT2D eigenvalue weighted by atomic mass is 33.1. The fourth-order valence-electron chi connectivity index (χ4n) is 11.8. The second kappa shape index (κ2) is 17.6. The third kappa shape index (κ3) is 7.64. The third-order valence-corrected chi connectivity index (χ3v) is 17.6. The number of carbonyl (C=O) groups excluding carboxylic acids is 2. The lowest BCUT2D eigenvalue weighted by Gasteiger charge is -2.51. The summed E-state index contributed by atoms with van der Waals surface area (Å²) in [7, 11) is 2.74. The van der Waals surface area contributed by atoms with E-state index in [0.29, 0.717) is 42.1 Å². The quantitative estimate of drug-likeness (QED) is 0.133. The molecule has 2 aliphatic heterocycles. The molecule has 0 unspecified atom stereocenters. The number of rotatable bonds is 7. The summed E-state index contributed by atoms with van der Waals surface area (Å²) in [5.74, 6) is -1.79. The highest BCUT2D eigenvalue weighted by Crippen LogP contribution is 2.62. The van der Waals surface area contributed by atoms with E-state index in [2.05, 4.69) is 10.3 Å². The summed E-state index contributed by atoms with van der Waals surface area (Å²) in [6.07, 6.45) is 5.61. The van der Waals surface area contributed by atoms with Crippen molar-refractivity contribution < 1.29 is 54.8 Å². The maximum atomic E-state index is 15.7. The number of pyridine rings is 1. The van der Waals surface area contributed by atoms with Crippen molar-refractivity contribution in [2.45, 2.75) is 118 Å². The highest BCUT2D eigenvalue weighted by molar-refractivity contribution is 8.77. The van der Waals surface area contributed by atoms with Crippen LogP contribution >= 0.6 is 21.6 Å². The fourth-order valence-corrected chi connectivity index (χ4v) is 14.7. The van der Waals surface area contributed by atoms with Crippen LogP contribution in [0.3, 0.4) is 0 Å². The second-order valence-electron chi connectivity index (χ2n) is 18.5. The van der Waals surface area contributed by atoms with Gasteiger partial charge in [0.1, 0.15) is 46.7 Å². The van der Waals surface area contributed by atoms with Crippen molar-refractivity contribution >= 4 is 39.0 Å². The zero-order valence-corrected chi connectivity index (χ0v) is 36.7. The Balaban J connectivity index is 1.18. The first kappa shape index (κ1) is 44.4. The number of nitrogens with zero attached hydrogens (tertiary/aromatic N) is 1. The molecular formula is C48H56N2O11S2. The van der Waals surface area contributed by atoms with Gasteiger partial charge in [-0.15, -0.1) is 0 Å². The molecule has 8 N–H and O–H groups in total. The second-order valence-corrected chi connectivity index (χ2v) is 21.1. The van der Waals surface area contributed by atoms with Gasteiger partial charge in [-0.1, -0.05) is 76.9 Å². The third-order valence-electron chi connectivity index (χ3n) is 14.9. The molecular weight excluding hydrogens is 845 g/mol. The van der Waals surface area contributed by atoms with Crippen LogP contribution in [0.25, 0.3) is 0 Å². The minimum absolute atomic E-state index is 0.0379.